The number of thiophene rings is 1. The summed E-state index contributed by atoms with van der Waals surface area (Å²) in [6.07, 6.45) is 0. The Bertz CT molecular complexity index is 567. The molecule has 0 fully saturated rings. The van der Waals surface area contributed by atoms with E-state index in [0.29, 0.717) is 6.61 Å². The van der Waals surface area contributed by atoms with Gasteiger partial charge in [-0.05, 0) is 38.6 Å². The summed E-state index contributed by atoms with van der Waals surface area (Å²) in [7, 11) is 0. The van der Waals surface area contributed by atoms with Gasteiger partial charge in [0.05, 0.1) is 17.0 Å². The van der Waals surface area contributed by atoms with E-state index in [2.05, 4.69) is 37.4 Å². The van der Waals surface area contributed by atoms with Crippen molar-refractivity contribution in [2.45, 2.75) is 26.8 Å². The minimum atomic E-state index is 0.124. The highest BCUT2D eigenvalue weighted by Gasteiger charge is 2.19. The maximum absolute atomic E-state index is 6.08. The molecule has 2 aromatic rings. The summed E-state index contributed by atoms with van der Waals surface area (Å²) in [4.78, 5) is 1.21. The summed E-state index contributed by atoms with van der Waals surface area (Å²) in [5.41, 5.74) is 2.40. The number of rotatable bonds is 6. The van der Waals surface area contributed by atoms with Gasteiger partial charge in [-0.2, -0.15) is 0 Å². The molecular weight excluding hydrogens is 290 g/mol. The summed E-state index contributed by atoms with van der Waals surface area (Å²) in [6.45, 7) is 7.77. The number of aryl methyl sites for hydroxylation is 1. The van der Waals surface area contributed by atoms with E-state index in [9.17, 15) is 0 Å². The van der Waals surface area contributed by atoms with Crippen LogP contribution in [-0.4, -0.2) is 13.2 Å². The lowest BCUT2D eigenvalue weighted by Gasteiger charge is -2.21. The van der Waals surface area contributed by atoms with Crippen molar-refractivity contribution in [2.24, 2.45) is 0 Å². The van der Waals surface area contributed by atoms with Gasteiger partial charge in [0.15, 0.2) is 0 Å². The third-order valence-electron chi connectivity index (χ3n) is 3.06. The van der Waals surface area contributed by atoms with Crippen molar-refractivity contribution in [3.8, 4) is 5.75 Å². The zero-order chi connectivity index (χ0) is 14.5. The van der Waals surface area contributed by atoms with Crippen LogP contribution < -0.4 is 10.1 Å². The Balaban J connectivity index is 2.45. The molecule has 2 nitrogen and oxygen atoms in total. The molecular formula is C16H20ClNOS. The summed E-state index contributed by atoms with van der Waals surface area (Å²) in [5, 5.41) is 3.53. The molecule has 1 aromatic carbocycles. The van der Waals surface area contributed by atoms with E-state index < -0.39 is 0 Å². The van der Waals surface area contributed by atoms with E-state index >= 15 is 0 Å². The highest BCUT2D eigenvalue weighted by molar-refractivity contribution is 7.16. The lowest BCUT2D eigenvalue weighted by Crippen LogP contribution is -2.22. The van der Waals surface area contributed by atoms with E-state index in [1.165, 1.54) is 16.0 Å². The fourth-order valence-electron chi connectivity index (χ4n) is 2.23. The summed E-state index contributed by atoms with van der Waals surface area (Å²) < 4.78 is 6.59. The average molecular weight is 310 g/mol. The zero-order valence-electron chi connectivity index (χ0n) is 12.1. The molecule has 0 saturated heterocycles. The maximum atomic E-state index is 6.08. The topological polar surface area (TPSA) is 21.3 Å². The van der Waals surface area contributed by atoms with Crippen molar-refractivity contribution in [3.63, 3.8) is 0 Å². The number of halogens is 1. The lowest BCUT2D eigenvalue weighted by atomic mass is 10.0. The first kappa shape index (κ1) is 15.4. The molecule has 1 unspecified atom stereocenters. The Morgan fingerprint density at radius 1 is 1.25 bits per heavy atom. The summed E-state index contributed by atoms with van der Waals surface area (Å²) in [5.74, 6) is 0.938. The Labute approximate surface area is 129 Å². The van der Waals surface area contributed by atoms with Crippen molar-refractivity contribution in [3.05, 3.63) is 50.7 Å². The van der Waals surface area contributed by atoms with Crippen molar-refractivity contribution < 1.29 is 4.74 Å². The number of hydrogen-bond acceptors (Lipinski definition) is 3. The molecule has 0 bridgehead atoms. The van der Waals surface area contributed by atoms with Crippen LogP contribution in [0, 0.1) is 6.92 Å². The van der Waals surface area contributed by atoms with Crippen LogP contribution in [-0.2, 0) is 0 Å². The number of benzene rings is 1. The molecule has 0 aliphatic rings. The molecule has 0 saturated carbocycles. The van der Waals surface area contributed by atoms with Crippen molar-refractivity contribution >= 4 is 22.9 Å². The second kappa shape index (κ2) is 7.11. The second-order valence-electron chi connectivity index (χ2n) is 4.61. The molecule has 0 amide bonds. The molecule has 1 N–H and O–H groups in total. The lowest BCUT2D eigenvalue weighted by molar-refractivity contribution is 0.333. The summed E-state index contributed by atoms with van der Waals surface area (Å²) >= 11 is 7.69. The third-order valence-corrected chi connectivity index (χ3v) is 4.36. The predicted molar refractivity (Wildman–Crippen MR) is 87.2 cm³/mol. The second-order valence-corrected chi connectivity index (χ2v) is 6.35. The number of nitrogens with one attached hydrogen (secondary N) is 1. The molecule has 0 radical (unpaired) electrons. The van der Waals surface area contributed by atoms with Crippen LogP contribution in [0.3, 0.4) is 0 Å². The van der Waals surface area contributed by atoms with Crippen molar-refractivity contribution in [1.29, 1.82) is 0 Å². The minimum absolute atomic E-state index is 0.124. The van der Waals surface area contributed by atoms with Crippen LogP contribution in [0.1, 0.15) is 35.9 Å². The van der Waals surface area contributed by atoms with Crippen LogP contribution in [0.2, 0.25) is 4.34 Å². The van der Waals surface area contributed by atoms with Crippen LogP contribution in [0.25, 0.3) is 0 Å². The molecule has 108 valence electrons. The Morgan fingerprint density at radius 3 is 2.65 bits per heavy atom. The van der Waals surface area contributed by atoms with Gasteiger partial charge in [0.2, 0.25) is 0 Å². The van der Waals surface area contributed by atoms with E-state index in [1.54, 1.807) is 11.3 Å². The predicted octanol–water partition coefficient (Wildman–Crippen LogP) is 4.81. The van der Waals surface area contributed by atoms with Gasteiger partial charge >= 0.3 is 0 Å². The van der Waals surface area contributed by atoms with Gasteiger partial charge in [-0.3, -0.25) is 0 Å². The Morgan fingerprint density at radius 2 is 2.05 bits per heavy atom. The summed E-state index contributed by atoms with van der Waals surface area (Å²) in [6, 6.07) is 10.5. The van der Waals surface area contributed by atoms with E-state index in [1.807, 2.05) is 19.1 Å². The smallest absolute Gasteiger partial charge is 0.124 e. The van der Waals surface area contributed by atoms with Gasteiger partial charge in [-0.25, -0.2) is 0 Å². The zero-order valence-corrected chi connectivity index (χ0v) is 13.6. The van der Waals surface area contributed by atoms with E-state index in [4.69, 9.17) is 16.3 Å². The fraction of sp³-hybridized carbons (Fsp3) is 0.375. The highest BCUT2D eigenvalue weighted by Crippen LogP contribution is 2.35. The maximum Gasteiger partial charge on any atom is 0.124 e. The van der Waals surface area contributed by atoms with E-state index in [-0.39, 0.29) is 6.04 Å². The molecule has 0 aliphatic heterocycles. The van der Waals surface area contributed by atoms with Gasteiger partial charge < -0.3 is 10.1 Å². The molecule has 4 heteroatoms. The normalized spacial score (nSPS) is 12.4. The van der Waals surface area contributed by atoms with Crippen LogP contribution in [0.5, 0.6) is 5.75 Å². The number of hydrogen-bond donors (Lipinski definition) is 1. The van der Waals surface area contributed by atoms with Gasteiger partial charge in [-0.1, -0.05) is 36.2 Å². The van der Waals surface area contributed by atoms with Gasteiger partial charge in [-0.15, -0.1) is 11.3 Å². The van der Waals surface area contributed by atoms with Gasteiger partial charge in [0.1, 0.15) is 5.75 Å². The first-order valence-corrected chi connectivity index (χ1v) is 8.07. The average Bonchev–Trinajstić information content (AvgIpc) is 2.85. The molecule has 1 atom stereocenters. The fourth-order valence-corrected chi connectivity index (χ4v) is 3.39. The largest absolute Gasteiger partial charge is 0.494 e. The Kier molecular flexibility index (Phi) is 5.46. The molecule has 0 aliphatic carbocycles. The number of ether oxygens (including phenoxy) is 1. The van der Waals surface area contributed by atoms with Crippen LogP contribution in [0.15, 0.2) is 30.3 Å². The Hall–Kier alpha value is -1.03. The van der Waals surface area contributed by atoms with Gasteiger partial charge in [0.25, 0.3) is 0 Å². The minimum Gasteiger partial charge on any atom is -0.494 e. The monoisotopic (exact) mass is 309 g/mol. The highest BCUT2D eigenvalue weighted by atomic mass is 35.5. The SMILES string of the molecule is CCNC(c1ccc(Cl)s1)c1cc(C)ccc1OCC. The van der Waals surface area contributed by atoms with Gasteiger partial charge in [0, 0.05) is 10.4 Å². The first-order chi connectivity index (χ1) is 9.65. The van der Waals surface area contributed by atoms with E-state index in [0.717, 1.165) is 16.6 Å². The van der Waals surface area contributed by atoms with Crippen LogP contribution in [0.4, 0.5) is 0 Å². The molecule has 1 aromatic heterocycles. The third kappa shape index (κ3) is 3.54. The molecule has 0 spiro atoms. The van der Waals surface area contributed by atoms with Crippen LogP contribution >= 0.6 is 22.9 Å². The standard InChI is InChI=1S/C16H20ClNOS/c1-4-18-16(14-8-9-15(17)20-14)12-10-11(3)6-7-13(12)19-5-2/h6-10,16,18H,4-5H2,1-3H3. The van der Waals surface area contributed by atoms with Crippen molar-refractivity contribution in [1.82, 2.24) is 5.32 Å². The quantitative estimate of drug-likeness (QED) is 0.827. The first-order valence-electron chi connectivity index (χ1n) is 6.87. The molecule has 2 rings (SSSR count). The molecule has 1 heterocycles. The molecule has 20 heavy (non-hydrogen) atoms. The van der Waals surface area contributed by atoms with Crippen molar-refractivity contribution in [2.75, 3.05) is 13.2 Å².